The van der Waals surface area contributed by atoms with E-state index >= 15 is 0 Å². The number of benzene rings is 1. The van der Waals surface area contributed by atoms with Gasteiger partial charge in [-0.3, -0.25) is 4.79 Å². The van der Waals surface area contributed by atoms with Gasteiger partial charge in [0.1, 0.15) is 0 Å². The van der Waals surface area contributed by atoms with Gasteiger partial charge in [0.05, 0.1) is 49.0 Å². The van der Waals surface area contributed by atoms with Crippen LogP contribution in [0, 0.1) is 0 Å². The van der Waals surface area contributed by atoms with Crippen molar-refractivity contribution >= 4 is 34.0 Å². The van der Waals surface area contributed by atoms with Gasteiger partial charge in [-0.05, 0) is 24.4 Å². The SMILES string of the molecule is CCn1ncc2c(C(=O)Nc3cc(OC)c(OC)c(OC)c3)cc(-c3cccs3)nc21. The number of hydrogen-bond acceptors (Lipinski definition) is 7. The Morgan fingerprint density at radius 2 is 1.87 bits per heavy atom. The van der Waals surface area contributed by atoms with Gasteiger partial charge in [-0.25, -0.2) is 9.67 Å². The van der Waals surface area contributed by atoms with E-state index in [0.717, 1.165) is 10.6 Å². The Bertz CT molecular complexity index is 1210. The van der Waals surface area contributed by atoms with Crippen LogP contribution in [0.2, 0.25) is 0 Å². The van der Waals surface area contributed by atoms with Gasteiger partial charge < -0.3 is 19.5 Å². The quantitative estimate of drug-likeness (QED) is 0.458. The zero-order valence-electron chi connectivity index (χ0n) is 17.6. The van der Waals surface area contributed by atoms with E-state index in [9.17, 15) is 4.79 Å². The average molecular weight is 439 g/mol. The number of carbonyl (C=O) groups is 1. The van der Waals surface area contributed by atoms with E-state index in [1.807, 2.05) is 24.4 Å². The maximum absolute atomic E-state index is 13.3. The van der Waals surface area contributed by atoms with Crippen molar-refractivity contribution in [2.24, 2.45) is 0 Å². The van der Waals surface area contributed by atoms with Crippen molar-refractivity contribution in [2.75, 3.05) is 26.6 Å². The summed E-state index contributed by atoms with van der Waals surface area (Å²) < 4.78 is 17.9. The van der Waals surface area contributed by atoms with Gasteiger partial charge in [0.2, 0.25) is 5.75 Å². The van der Waals surface area contributed by atoms with Crippen molar-refractivity contribution in [1.29, 1.82) is 0 Å². The number of nitrogens with zero attached hydrogens (tertiary/aromatic N) is 3. The summed E-state index contributed by atoms with van der Waals surface area (Å²) >= 11 is 1.57. The largest absolute Gasteiger partial charge is 0.493 e. The molecule has 4 aromatic rings. The van der Waals surface area contributed by atoms with Crippen LogP contribution in [-0.2, 0) is 6.54 Å². The van der Waals surface area contributed by atoms with Crippen LogP contribution in [0.1, 0.15) is 17.3 Å². The molecule has 0 aliphatic carbocycles. The predicted molar refractivity (Wildman–Crippen MR) is 121 cm³/mol. The Morgan fingerprint density at radius 3 is 2.45 bits per heavy atom. The maximum Gasteiger partial charge on any atom is 0.256 e. The Labute approximate surface area is 183 Å². The summed E-state index contributed by atoms with van der Waals surface area (Å²) in [5, 5.41) is 9.99. The van der Waals surface area contributed by atoms with Crippen LogP contribution in [0.4, 0.5) is 5.69 Å². The lowest BCUT2D eigenvalue weighted by molar-refractivity contribution is 0.102. The lowest BCUT2D eigenvalue weighted by Crippen LogP contribution is -2.13. The summed E-state index contributed by atoms with van der Waals surface area (Å²) in [5.74, 6) is 1.08. The molecular formula is C22H22N4O4S. The van der Waals surface area contributed by atoms with E-state index < -0.39 is 0 Å². The van der Waals surface area contributed by atoms with E-state index in [1.54, 1.807) is 40.4 Å². The van der Waals surface area contributed by atoms with Crippen LogP contribution >= 0.6 is 11.3 Å². The third kappa shape index (κ3) is 3.79. The molecule has 0 aliphatic rings. The highest BCUT2D eigenvalue weighted by Gasteiger charge is 2.20. The van der Waals surface area contributed by atoms with Crippen molar-refractivity contribution in [3.8, 4) is 27.8 Å². The summed E-state index contributed by atoms with van der Waals surface area (Å²) in [4.78, 5) is 19.0. The van der Waals surface area contributed by atoms with Crippen molar-refractivity contribution in [3.63, 3.8) is 0 Å². The molecule has 0 saturated carbocycles. The minimum absolute atomic E-state index is 0.282. The molecule has 4 rings (SSSR count). The fourth-order valence-corrected chi connectivity index (χ4v) is 4.06. The normalized spacial score (nSPS) is 10.8. The Hall–Kier alpha value is -3.59. The predicted octanol–water partition coefficient (Wildman–Crippen LogP) is 4.46. The Kier molecular flexibility index (Phi) is 5.77. The number of aromatic nitrogens is 3. The zero-order chi connectivity index (χ0) is 22.0. The molecule has 0 unspecified atom stereocenters. The molecule has 3 heterocycles. The van der Waals surface area contributed by atoms with E-state index in [4.69, 9.17) is 19.2 Å². The topological polar surface area (TPSA) is 87.5 Å². The van der Waals surface area contributed by atoms with Gasteiger partial charge in [-0.2, -0.15) is 5.10 Å². The highest BCUT2D eigenvalue weighted by molar-refractivity contribution is 7.13. The lowest BCUT2D eigenvalue weighted by Gasteiger charge is -2.15. The molecule has 0 saturated heterocycles. The smallest absolute Gasteiger partial charge is 0.256 e. The number of pyridine rings is 1. The summed E-state index contributed by atoms with van der Waals surface area (Å²) in [6.45, 7) is 2.64. The number of rotatable bonds is 7. The first-order valence-electron chi connectivity index (χ1n) is 9.61. The van der Waals surface area contributed by atoms with Gasteiger partial charge in [0.25, 0.3) is 5.91 Å². The van der Waals surface area contributed by atoms with Crippen molar-refractivity contribution in [3.05, 3.63) is 47.5 Å². The van der Waals surface area contributed by atoms with Gasteiger partial charge in [0, 0.05) is 24.4 Å². The first kappa shape index (κ1) is 20.7. The number of carbonyl (C=O) groups excluding carboxylic acids is 1. The van der Waals surface area contributed by atoms with E-state index in [2.05, 4.69) is 10.4 Å². The average Bonchev–Trinajstić information content (AvgIpc) is 3.47. The molecular weight excluding hydrogens is 416 g/mol. The van der Waals surface area contributed by atoms with Gasteiger partial charge in [-0.15, -0.1) is 11.3 Å². The molecule has 0 bridgehead atoms. The number of thiophene rings is 1. The molecule has 3 aromatic heterocycles. The van der Waals surface area contributed by atoms with E-state index in [1.165, 1.54) is 21.3 Å². The molecule has 0 atom stereocenters. The van der Waals surface area contributed by atoms with Crippen LogP contribution < -0.4 is 19.5 Å². The number of ether oxygens (including phenoxy) is 3. The second-order valence-electron chi connectivity index (χ2n) is 6.60. The molecule has 9 heteroatoms. The Balaban J connectivity index is 1.78. The summed E-state index contributed by atoms with van der Waals surface area (Å²) in [6, 6.07) is 9.11. The van der Waals surface area contributed by atoms with Crippen molar-refractivity contribution in [1.82, 2.24) is 14.8 Å². The molecule has 1 aromatic carbocycles. The van der Waals surface area contributed by atoms with Crippen molar-refractivity contribution < 1.29 is 19.0 Å². The molecule has 0 fully saturated rings. The highest BCUT2D eigenvalue weighted by atomic mass is 32.1. The summed E-state index contributed by atoms with van der Waals surface area (Å²) in [6.07, 6.45) is 1.67. The monoisotopic (exact) mass is 438 g/mol. The molecule has 0 spiro atoms. The minimum atomic E-state index is -0.282. The van der Waals surface area contributed by atoms with E-state index in [-0.39, 0.29) is 5.91 Å². The number of anilines is 1. The molecule has 1 amide bonds. The van der Waals surface area contributed by atoms with Crippen molar-refractivity contribution in [2.45, 2.75) is 13.5 Å². The molecule has 31 heavy (non-hydrogen) atoms. The standard InChI is InChI=1S/C22H22N4O4S/c1-5-26-21-15(12-23-26)14(11-16(25-21)19-7-6-8-31-19)22(27)24-13-9-17(28-2)20(30-4)18(10-13)29-3/h6-12H,5H2,1-4H3,(H,24,27). The fourth-order valence-electron chi connectivity index (χ4n) is 3.37. The van der Waals surface area contributed by atoms with Gasteiger partial charge in [-0.1, -0.05) is 6.07 Å². The number of nitrogens with one attached hydrogen (secondary N) is 1. The van der Waals surface area contributed by atoms with Gasteiger partial charge in [0.15, 0.2) is 17.1 Å². The van der Waals surface area contributed by atoms with E-state index in [0.29, 0.717) is 46.1 Å². The molecule has 1 N–H and O–H groups in total. The van der Waals surface area contributed by atoms with Crippen LogP contribution in [0.3, 0.4) is 0 Å². The number of hydrogen-bond donors (Lipinski definition) is 1. The Morgan fingerprint density at radius 1 is 1.13 bits per heavy atom. The van der Waals surface area contributed by atoms with Crippen LogP contribution in [0.5, 0.6) is 17.2 Å². The number of aryl methyl sites for hydroxylation is 1. The fraction of sp³-hybridized carbons (Fsp3) is 0.227. The molecule has 0 radical (unpaired) electrons. The van der Waals surface area contributed by atoms with Crippen LogP contribution in [0.25, 0.3) is 21.6 Å². The van der Waals surface area contributed by atoms with Crippen LogP contribution in [-0.4, -0.2) is 42.0 Å². The highest BCUT2D eigenvalue weighted by Crippen LogP contribution is 2.40. The summed E-state index contributed by atoms with van der Waals surface area (Å²) in [5.41, 5.74) is 2.41. The lowest BCUT2D eigenvalue weighted by atomic mass is 10.1. The molecule has 0 aliphatic heterocycles. The minimum Gasteiger partial charge on any atom is -0.493 e. The zero-order valence-corrected chi connectivity index (χ0v) is 18.4. The maximum atomic E-state index is 13.3. The third-order valence-corrected chi connectivity index (χ3v) is 5.74. The summed E-state index contributed by atoms with van der Waals surface area (Å²) in [7, 11) is 4.59. The van der Waals surface area contributed by atoms with Crippen LogP contribution in [0.15, 0.2) is 41.9 Å². The third-order valence-electron chi connectivity index (χ3n) is 4.85. The number of methoxy groups -OCH3 is 3. The second kappa shape index (κ2) is 8.65. The first-order chi connectivity index (χ1) is 15.1. The number of amides is 1. The molecule has 160 valence electrons. The van der Waals surface area contributed by atoms with Gasteiger partial charge >= 0.3 is 0 Å². The molecule has 8 nitrogen and oxygen atoms in total. The first-order valence-corrected chi connectivity index (χ1v) is 10.5. The second-order valence-corrected chi connectivity index (χ2v) is 7.55. The number of fused-ring (bicyclic) bond motifs is 1.